The van der Waals surface area contributed by atoms with Crippen LogP contribution in [-0.4, -0.2) is 98.2 Å². The molecule has 7 rings (SSSR count). The molecule has 0 aliphatic carbocycles. The van der Waals surface area contributed by atoms with Crippen LogP contribution in [0.1, 0.15) is 0 Å². The summed E-state index contributed by atoms with van der Waals surface area (Å²) >= 11 is 0. The van der Waals surface area contributed by atoms with E-state index in [9.17, 15) is 4.79 Å². The highest BCUT2D eigenvalue weighted by molar-refractivity contribution is 5.90. The molecule has 0 saturated carbocycles. The van der Waals surface area contributed by atoms with Crippen LogP contribution in [0.15, 0.2) is 67.4 Å². The maximum Gasteiger partial charge on any atom is 0.246 e. The van der Waals surface area contributed by atoms with Crippen LogP contribution < -0.4 is 19.7 Å². The van der Waals surface area contributed by atoms with Gasteiger partial charge in [-0.1, -0.05) is 6.08 Å². The van der Waals surface area contributed by atoms with Crippen LogP contribution in [0.3, 0.4) is 0 Å². The number of aromatic nitrogens is 6. The Morgan fingerprint density at radius 1 is 1.16 bits per heavy atom. The van der Waals surface area contributed by atoms with Crippen molar-refractivity contribution in [2.24, 2.45) is 0 Å². The van der Waals surface area contributed by atoms with Gasteiger partial charge in [0.2, 0.25) is 5.91 Å². The number of likely N-dealkylation sites (N-methyl/N-ethyl adjacent to an activating group) is 1. The number of carbonyl (C=O) groups excluding carboxylic acids is 1. The molecule has 224 valence electrons. The molecule has 13 nitrogen and oxygen atoms in total. The molecular formula is C30H29FN10O3. The normalized spacial score (nSPS) is 16.3. The number of carbonyl (C=O) groups is 1. The number of piperazine rings is 1. The van der Waals surface area contributed by atoms with Gasteiger partial charge in [-0.3, -0.25) is 4.79 Å². The predicted octanol–water partition coefficient (Wildman–Crippen LogP) is 3.27. The smallest absolute Gasteiger partial charge is 0.246 e. The number of pyridine rings is 2. The summed E-state index contributed by atoms with van der Waals surface area (Å²) in [5, 5.41) is 7.22. The molecule has 2 aliphatic rings. The molecule has 1 atom stereocenters. The molecule has 4 aromatic heterocycles. The highest BCUT2D eigenvalue weighted by Gasteiger charge is 2.35. The minimum atomic E-state index is -0.556. The van der Waals surface area contributed by atoms with Crippen LogP contribution in [-0.2, 0) is 4.79 Å². The third-order valence-corrected chi connectivity index (χ3v) is 7.46. The SMILES string of the molecule is CN(C)C/C=C/C(=O)N1CCN2C[C@@H]1COc1cc3ncnc(Nc4ccc(Oc5ccn6ncnc6c5)c(F)c4)c3nc12. The Morgan fingerprint density at radius 2 is 2.07 bits per heavy atom. The molecule has 0 radical (unpaired) electrons. The van der Waals surface area contributed by atoms with Crippen molar-refractivity contribution in [3.05, 3.63) is 73.2 Å². The molecule has 1 fully saturated rings. The highest BCUT2D eigenvalue weighted by Crippen LogP contribution is 2.36. The molecule has 1 saturated heterocycles. The number of rotatable bonds is 7. The third kappa shape index (κ3) is 5.42. The van der Waals surface area contributed by atoms with E-state index in [1.165, 1.54) is 18.7 Å². The van der Waals surface area contributed by atoms with Gasteiger partial charge in [-0.2, -0.15) is 5.10 Å². The second-order valence-electron chi connectivity index (χ2n) is 10.8. The molecule has 1 N–H and O–H groups in total. The zero-order valence-electron chi connectivity index (χ0n) is 24.1. The second-order valence-corrected chi connectivity index (χ2v) is 10.8. The summed E-state index contributed by atoms with van der Waals surface area (Å²) in [5.41, 5.74) is 2.14. The van der Waals surface area contributed by atoms with Gasteiger partial charge < -0.3 is 29.5 Å². The molecule has 1 amide bonds. The zero-order chi connectivity index (χ0) is 30.2. The van der Waals surface area contributed by atoms with Crippen LogP contribution in [0, 0.1) is 5.82 Å². The Kier molecular flexibility index (Phi) is 7.10. The van der Waals surface area contributed by atoms with Gasteiger partial charge in [-0.15, -0.1) is 0 Å². The van der Waals surface area contributed by atoms with Crippen molar-refractivity contribution >= 4 is 39.9 Å². The van der Waals surface area contributed by atoms with Gasteiger partial charge in [-0.25, -0.2) is 28.8 Å². The lowest BCUT2D eigenvalue weighted by atomic mass is 10.1. The van der Waals surface area contributed by atoms with E-state index in [0.29, 0.717) is 78.3 Å². The van der Waals surface area contributed by atoms with Gasteiger partial charge in [0.1, 0.15) is 30.5 Å². The summed E-state index contributed by atoms with van der Waals surface area (Å²) < 4.78 is 28.6. The maximum absolute atomic E-state index is 15.1. The fourth-order valence-electron chi connectivity index (χ4n) is 5.29. The Bertz CT molecular complexity index is 1890. The first kappa shape index (κ1) is 27.5. The summed E-state index contributed by atoms with van der Waals surface area (Å²) in [7, 11) is 3.92. The lowest BCUT2D eigenvalue weighted by molar-refractivity contribution is -0.129. The number of hydrogen-bond donors (Lipinski definition) is 1. The Hall–Kier alpha value is -5.37. The van der Waals surface area contributed by atoms with E-state index < -0.39 is 5.82 Å². The first-order chi connectivity index (χ1) is 21.4. The number of anilines is 3. The van der Waals surface area contributed by atoms with Gasteiger partial charge in [-0.05, 0) is 32.3 Å². The number of nitrogens with zero attached hydrogens (tertiary/aromatic N) is 9. The average molecular weight is 597 g/mol. The van der Waals surface area contributed by atoms with Gasteiger partial charge in [0.25, 0.3) is 0 Å². The van der Waals surface area contributed by atoms with Crippen molar-refractivity contribution < 1.29 is 18.7 Å². The van der Waals surface area contributed by atoms with E-state index in [1.54, 1.807) is 41.1 Å². The fraction of sp³-hybridized carbons (Fsp3) is 0.267. The lowest BCUT2D eigenvalue weighted by Crippen LogP contribution is -2.56. The second kappa shape index (κ2) is 11.4. The number of hydrogen-bond acceptors (Lipinski definition) is 11. The molecule has 5 aromatic rings. The summed E-state index contributed by atoms with van der Waals surface area (Å²) in [6, 6.07) is 9.64. The average Bonchev–Trinajstić information content (AvgIpc) is 3.44. The standard InChI is InChI=1S/C30H29FN10O3/c1-38(2)8-3-4-27(42)40-11-10-39-15-20(40)16-43-25-14-23-28(37-30(25)39)29(34-17-32-23)36-19-5-6-24(22(31)12-19)44-21-7-9-41-26(13-21)33-18-35-41/h3-7,9,12-14,17-18,20H,8,10-11,15-16H2,1-2H3,(H,32,34,36)/b4-3+/t20-/m1/s1. The van der Waals surface area contributed by atoms with Crippen molar-refractivity contribution in [2.75, 3.05) is 57.1 Å². The largest absolute Gasteiger partial charge is 0.487 e. The molecule has 2 aliphatic heterocycles. The maximum atomic E-state index is 15.1. The van der Waals surface area contributed by atoms with Gasteiger partial charge in [0, 0.05) is 62.3 Å². The summed E-state index contributed by atoms with van der Waals surface area (Å²) in [5.74, 6) is 1.59. The van der Waals surface area contributed by atoms with Gasteiger partial charge in [0.15, 0.2) is 34.6 Å². The number of nitrogens with one attached hydrogen (secondary N) is 1. The Balaban J connectivity index is 1.10. The molecule has 0 spiro atoms. The van der Waals surface area contributed by atoms with Crippen LogP contribution in [0.25, 0.3) is 16.7 Å². The van der Waals surface area contributed by atoms with E-state index in [1.807, 2.05) is 36.0 Å². The van der Waals surface area contributed by atoms with Crippen molar-refractivity contribution in [1.82, 2.24) is 39.3 Å². The molecular weight excluding hydrogens is 567 g/mol. The summed E-state index contributed by atoms with van der Waals surface area (Å²) in [6.45, 7) is 2.78. The van der Waals surface area contributed by atoms with Crippen LogP contribution in [0.2, 0.25) is 0 Å². The molecule has 14 heteroatoms. The quantitative estimate of drug-likeness (QED) is 0.278. The highest BCUT2D eigenvalue weighted by atomic mass is 19.1. The van der Waals surface area contributed by atoms with Crippen molar-refractivity contribution in [3.63, 3.8) is 0 Å². The zero-order valence-corrected chi connectivity index (χ0v) is 24.1. The fourth-order valence-corrected chi connectivity index (χ4v) is 5.29. The third-order valence-electron chi connectivity index (χ3n) is 7.46. The molecule has 6 heterocycles. The molecule has 0 unspecified atom stereocenters. The number of halogens is 1. The van der Waals surface area contributed by atoms with Crippen LogP contribution in [0.5, 0.6) is 17.2 Å². The van der Waals surface area contributed by atoms with Gasteiger partial charge >= 0.3 is 0 Å². The predicted molar refractivity (Wildman–Crippen MR) is 161 cm³/mol. The molecule has 44 heavy (non-hydrogen) atoms. The lowest BCUT2D eigenvalue weighted by Gasteiger charge is -2.39. The summed E-state index contributed by atoms with van der Waals surface area (Å²) in [4.78, 5) is 36.7. The number of ether oxygens (including phenoxy) is 2. The topological polar surface area (TPSA) is 126 Å². The first-order valence-electron chi connectivity index (χ1n) is 14.1. The monoisotopic (exact) mass is 596 g/mol. The molecule has 2 bridgehead atoms. The van der Waals surface area contributed by atoms with Crippen LogP contribution >= 0.6 is 0 Å². The van der Waals surface area contributed by atoms with E-state index in [2.05, 4.69) is 30.3 Å². The van der Waals surface area contributed by atoms with E-state index >= 15 is 4.39 Å². The Morgan fingerprint density at radius 3 is 2.93 bits per heavy atom. The molecule has 1 aromatic carbocycles. The minimum Gasteiger partial charge on any atom is -0.487 e. The van der Waals surface area contributed by atoms with E-state index in [0.717, 1.165) is 0 Å². The number of amides is 1. The van der Waals surface area contributed by atoms with E-state index in [-0.39, 0.29) is 17.7 Å². The summed E-state index contributed by atoms with van der Waals surface area (Å²) in [6.07, 6.45) is 8.04. The van der Waals surface area contributed by atoms with Crippen molar-refractivity contribution in [3.8, 4) is 17.2 Å². The Labute approximate surface area is 251 Å². The van der Waals surface area contributed by atoms with Gasteiger partial charge in [0.05, 0.1) is 11.6 Å². The van der Waals surface area contributed by atoms with Crippen molar-refractivity contribution in [2.45, 2.75) is 6.04 Å². The minimum absolute atomic E-state index is 0.0263. The van der Waals surface area contributed by atoms with Crippen LogP contribution in [0.4, 0.5) is 21.7 Å². The van der Waals surface area contributed by atoms with Crippen molar-refractivity contribution in [1.29, 1.82) is 0 Å². The van der Waals surface area contributed by atoms with E-state index in [4.69, 9.17) is 14.5 Å². The number of benzene rings is 1. The first-order valence-corrected chi connectivity index (χ1v) is 14.1. The number of fused-ring (bicyclic) bond motifs is 6.